The van der Waals surface area contributed by atoms with Crippen LogP contribution >= 0.6 is 0 Å². The second-order valence-corrected chi connectivity index (χ2v) is 4.83. The Morgan fingerprint density at radius 2 is 1.12 bits per heavy atom. The first-order chi connectivity index (χ1) is 10.8. The normalized spacial score (nSPS) is 10.5. The van der Waals surface area contributed by atoms with Gasteiger partial charge < -0.3 is 48.2 Å². The Kier molecular flexibility index (Phi) is 4.09. The van der Waals surface area contributed by atoms with Crippen molar-refractivity contribution in [1.82, 2.24) is 0 Å². The molecule has 9 heteroatoms. The molecule has 3 aromatic rings. The van der Waals surface area contributed by atoms with Crippen LogP contribution in [0, 0.1) is 0 Å². The molecule has 7 N–H and O–H groups in total. The maximum absolute atomic E-state index is 10.0. The van der Waals surface area contributed by atoms with Gasteiger partial charge in [-0.3, -0.25) is 0 Å². The Hall–Kier alpha value is -3.26. The topological polar surface area (TPSA) is 153 Å². The number of halogens is 1. The molecule has 1 heterocycles. The summed E-state index contributed by atoms with van der Waals surface area (Å²) in [5.74, 6) is -4.74. The molecule has 24 heavy (non-hydrogen) atoms. The van der Waals surface area contributed by atoms with Gasteiger partial charge in [0.1, 0.15) is 5.39 Å². The molecule has 0 saturated carbocycles. The summed E-state index contributed by atoms with van der Waals surface area (Å²) < 4.78 is 5.36. The fourth-order valence-electron chi connectivity index (χ4n) is 2.17. The summed E-state index contributed by atoms with van der Waals surface area (Å²) in [7, 11) is 0. The molecule has 0 bridgehead atoms. The van der Waals surface area contributed by atoms with Crippen LogP contribution in [0.2, 0.25) is 0 Å². The smallest absolute Gasteiger partial charge is 0.402 e. The molecule has 0 saturated heterocycles. The predicted octanol–water partition coefficient (Wildman–Crippen LogP) is -0.676. The van der Waals surface area contributed by atoms with Gasteiger partial charge in [0.25, 0.3) is 0 Å². The molecular weight excluding hydrogens is 344 g/mol. The molecule has 8 nitrogen and oxygen atoms in total. The van der Waals surface area contributed by atoms with Crippen molar-refractivity contribution < 1.29 is 52.6 Å². The van der Waals surface area contributed by atoms with E-state index in [2.05, 4.69) is 0 Å². The number of benzene rings is 2. The summed E-state index contributed by atoms with van der Waals surface area (Å²) in [6.45, 7) is 0. The molecule has 0 aliphatic rings. The number of aromatic hydroxyl groups is 7. The van der Waals surface area contributed by atoms with E-state index in [0.29, 0.717) is 0 Å². The average molecular weight is 355 g/mol. The van der Waals surface area contributed by atoms with Gasteiger partial charge in [0.15, 0.2) is 28.7 Å². The molecule has 0 aliphatic carbocycles. The van der Waals surface area contributed by atoms with E-state index >= 15 is 0 Å². The van der Waals surface area contributed by atoms with Crippen LogP contribution in [-0.2, 0) is 0 Å². The molecule has 0 atom stereocenters. The van der Waals surface area contributed by atoms with E-state index in [1.807, 2.05) is 0 Å². The molecular formula is C15H11ClO8. The van der Waals surface area contributed by atoms with Crippen LogP contribution in [0.4, 0.5) is 0 Å². The predicted molar refractivity (Wildman–Crippen MR) is 77.7 cm³/mol. The fraction of sp³-hybridized carbons (Fsp3) is 0. The molecule has 2 aromatic carbocycles. The molecule has 0 fully saturated rings. The first kappa shape index (κ1) is 17.1. The van der Waals surface area contributed by atoms with Crippen molar-refractivity contribution in [2.45, 2.75) is 0 Å². The van der Waals surface area contributed by atoms with Crippen LogP contribution in [-0.4, -0.2) is 35.7 Å². The van der Waals surface area contributed by atoms with Gasteiger partial charge in [-0.05, 0) is 0 Å². The summed E-state index contributed by atoms with van der Waals surface area (Å²) in [6.07, 6.45) is 0. The zero-order valence-corrected chi connectivity index (χ0v) is 12.5. The van der Waals surface area contributed by atoms with Crippen molar-refractivity contribution in [2.24, 2.45) is 0 Å². The third-order valence-electron chi connectivity index (χ3n) is 3.31. The standard InChI is InChI=1S/C15H10O8.ClH/c16-7-1-5(2-8(17)13(7)21)15-10(19)3-6-11(23-15)4-9(18)14(22)12(6)20;/h1-4H,(H6-,16,17,18,19,20,21,22);1H. The largest absolute Gasteiger partial charge is 1.00 e. The van der Waals surface area contributed by atoms with Gasteiger partial charge >= 0.3 is 11.3 Å². The van der Waals surface area contributed by atoms with Gasteiger partial charge in [-0.25, -0.2) is 4.42 Å². The molecule has 0 amide bonds. The Balaban J connectivity index is 0.00000208. The highest BCUT2D eigenvalue weighted by Gasteiger charge is 2.27. The van der Waals surface area contributed by atoms with Crippen LogP contribution in [0.1, 0.15) is 0 Å². The lowest BCUT2D eigenvalue weighted by atomic mass is 10.1. The Labute approximate surface area is 140 Å². The third-order valence-corrected chi connectivity index (χ3v) is 3.31. The summed E-state index contributed by atoms with van der Waals surface area (Å²) in [4.78, 5) is 0. The highest BCUT2D eigenvalue weighted by atomic mass is 35.5. The maximum atomic E-state index is 10.0. The number of fused-ring (bicyclic) bond motifs is 1. The fourth-order valence-corrected chi connectivity index (χ4v) is 2.17. The molecule has 0 spiro atoms. The SMILES string of the molecule is Oc1cc2c(O)c(O)c(O)cc2[o+]c1-c1cc(O)c(O)c(O)c1.[Cl-]. The number of phenols is 6. The van der Waals surface area contributed by atoms with Crippen LogP contribution in [0.15, 0.2) is 28.7 Å². The summed E-state index contributed by atoms with van der Waals surface area (Å²) >= 11 is 0. The minimum absolute atomic E-state index is 0. The summed E-state index contributed by atoms with van der Waals surface area (Å²) in [5, 5.41) is 67.1. The van der Waals surface area contributed by atoms with E-state index in [0.717, 1.165) is 24.3 Å². The van der Waals surface area contributed by atoms with E-state index in [1.54, 1.807) is 0 Å². The molecule has 0 radical (unpaired) electrons. The van der Waals surface area contributed by atoms with Crippen LogP contribution < -0.4 is 12.4 Å². The lowest BCUT2D eigenvalue weighted by Gasteiger charge is -2.04. The van der Waals surface area contributed by atoms with Crippen LogP contribution in [0.3, 0.4) is 0 Å². The zero-order valence-electron chi connectivity index (χ0n) is 11.7. The number of hydrogen-bond donors (Lipinski definition) is 7. The lowest BCUT2D eigenvalue weighted by molar-refractivity contribution is -0.0000111. The van der Waals surface area contributed by atoms with Gasteiger partial charge in [-0.1, -0.05) is 0 Å². The van der Waals surface area contributed by atoms with Crippen molar-refractivity contribution in [2.75, 3.05) is 0 Å². The summed E-state index contributed by atoms with van der Waals surface area (Å²) in [5.41, 5.74) is -0.0399. The molecule has 1 aromatic heterocycles. The van der Waals surface area contributed by atoms with Gasteiger partial charge in [-0.2, -0.15) is 0 Å². The van der Waals surface area contributed by atoms with E-state index in [4.69, 9.17) is 4.42 Å². The monoisotopic (exact) mass is 354 g/mol. The van der Waals surface area contributed by atoms with Gasteiger partial charge in [0.05, 0.1) is 11.6 Å². The molecule has 0 aliphatic heterocycles. The van der Waals surface area contributed by atoms with Gasteiger partial charge in [0, 0.05) is 18.2 Å². The molecule has 0 unspecified atom stereocenters. The van der Waals surface area contributed by atoms with E-state index in [1.165, 1.54) is 0 Å². The van der Waals surface area contributed by atoms with E-state index in [9.17, 15) is 35.7 Å². The number of hydrogen-bond acceptors (Lipinski definition) is 7. The van der Waals surface area contributed by atoms with Crippen molar-refractivity contribution in [1.29, 1.82) is 0 Å². The second kappa shape index (κ2) is 5.74. The average Bonchev–Trinajstić information content (AvgIpc) is 2.50. The summed E-state index contributed by atoms with van der Waals surface area (Å²) in [6, 6.07) is 4.18. The molecule has 3 rings (SSSR count). The van der Waals surface area contributed by atoms with Crippen LogP contribution in [0.5, 0.6) is 40.2 Å². The molecule has 126 valence electrons. The van der Waals surface area contributed by atoms with Crippen molar-refractivity contribution >= 4 is 11.0 Å². The highest BCUT2D eigenvalue weighted by molar-refractivity contribution is 5.91. The maximum Gasteiger partial charge on any atom is 0.402 e. The number of rotatable bonds is 1. The number of phenolic OH excluding ortho intramolecular Hbond substituents is 6. The highest BCUT2D eigenvalue weighted by Crippen LogP contribution is 2.46. The van der Waals surface area contributed by atoms with Gasteiger partial charge in [-0.15, -0.1) is 0 Å². The van der Waals surface area contributed by atoms with Crippen molar-refractivity contribution in [3.05, 3.63) is 24.3 Å². The van der Waals surface area contributed by atoms with E-state index in [-0.39, 0.29) is 34.7 Å². The van der Waals surface area contributed by atoms with Crippen molar-refractivity contribution in [3.63, 3.8) is 0 Å². The minimum Gasteiger partial charge on any atom is -1.00 e. The van der Waals surface area contributed by atoms with Gasteiger partial charge in [0.2, 0.25) is 11.5 Å². The minimum atomic E-state index is -0.764. The Morgan fingerprint density at radius 1 is 0.583 bits per heavy atom. The Bertz CT molecular complexity index is 931. The quantitative estimate of drug-likeness (QED) is 0.224. The van der Waals surface area contributed by atoms with Crippen molar-refractivity contribution in [3.8, 4) is 51.6 Å². The second-order valence-electron chi connectivity index (χ2n) is 4.83. The first-order valence-corrected chi connectivity index (χ1v) is 6.28. The van der Waals surface area contributed by atoms with E-state index < -0.39 is 40.2 Å². The first-order valence-electron chi connectivity index (χ1n) is 6.28. The zero-order chi connectivity index (χ0) is 16.9. The third kappa shape index (κ3) is 2.48. The van der Waals surface area contributed by atoms with Crippen LogP contribution in [0.25, 0.3) is 22.3 Å². The Morgan fingerprint density at radius 3 is 1.71 bits per heavy atom. The lowest BCUT2D eigenvalue weighted by Crippen LogP contribution is -3.00.